The van der Waals surface area contributed by atoms with Crippen molar-refractivity contribution in [1.29, 1.82) is 0 Å². The van der Waals surface area contributed by atoms with Crippen LogP contribution in [0.5, 0.6) is 11.5 Å². The summed E-state index contributed by atoms with van der Waals surface area (Å²) in [6.07, 6.45) is 1.78. The first-order chi connectivity index (χ1) is 13.7. The second-order valence-electron chi connectivity index (χ2n) is 6.36. The molecule has 3 rings (SSSR count). The second-order valence-corrected chi connectivity index (χ2v) is 6.36. The van der Waals surface area contributed by atoms with Crippen molar-refractivity contribution in [3.8, 4) is 11.5 Å². The van der Waals surface area contributed by atoms with Gasteiger partial charge in [-0.25, -0.2) is 0 Å². The van der Waals surface area contributed by atoms with E-state index in [0.29, 0.717) is 24.9 Å². The minimum atomic E-state index is -0.144. The van der Waals surface area contributed by atoms with Gasteiger partial charge >= 0.3 is 0 Å². The molecule has 8 heteroatoms. The van der Waals surface area contributed by atoms with Crippen molar-refractivity contribution in [3.05, 3.63) is 48.0 Å². The van der Waals surface area contributed by atoms with Crippen LogP contribution < -0.4 is 25.4 Å². The topological polar surface area (TPSA) is 84.0 Å². The molecule has 1 aliphatic rings. The van der Waals surface area contributed by atoms with Crippen LogP contribution in [0.15, 0.2) is 47.5 Å². The van der Waals surface area contributed by atoms with Gasteiger partial charge in [0.2, 0.25) is 5.91 Å². The molecule has 0 radical (unpaired) electrons. The highest BCUT2D eigenvalue weighted by molar-refractivity contribution is 14.0. The van der Waals surface area contributed by atoms with Crippen LogP contribution in [0.1, 0.15) is 18.9 Å². The summed E-state index contributed by atoms with van der Waals surface area (Å²) in [5, 5.41) is 9.06. The largest absolute Gasteiger partial charge is 0.490 e. The SMILES string of the molecule is CCc1cccc(NC(=O)CNC(=NC)Nc2ccc3c(c2)OCCCO3)c1.I. The number of hydrogen-bond donors (Lipinski definition) is 3. The summed E-state index contributed by atoms with van der Waals surface area (Å²) < 4.78 is 11.3. The number of amides is 1. The summed E-state index contributed by atoms with van der Waals surface area (Å²) >= 11 is 0. The number of aliphatic imine (C=N–C) groups is 1. The average Bonchev–Trinajstić information content (AvgIpc) is 2.96. The van der Waals surface area contributed by atoms with E-state index in [0.717, 1.165) is 30.0 Å². The Morgan fingerprint density at radius 2 is 1.79 bits per heavy atom. The molecule has 0 aromatic heterocycles. The molecule has 0 unspecified atom stereocenters. The van der Waals surface area contributed by atoms with Gasteiger partial charge in [-0.05, 0) is 36.2 Å². The summed E-state index contributed by atoms with van der Waals surface area (Å²) in [5.41, 5.74) is 2.77. The Morgan fingerprint density at radius 3 is 2.55 bits per heavy atom. The fourth-order valence-corrected chi connectivity index (χ4v) is 2.80. The molecule has 7 nitrogen and oxygen atoms in total. The van der Waals surface area contributed by atoms with Crippen molar-refractivity contribution >= 4 is 47.2 Å². The Hall–Kier alpha value is -2.49. The Morgan fingerprint density at radius 1 is 1.03 bits per heavy atom. The van der Waals surface area contributed by atoms with Crippen LogP contribution in [0.2, 0.25) is 0 Å². The Balaban J connectivity index is 0.00000300. The highest BCUT2D eigenvalue weighted by Gasteiger charge is 2.12. The Labute approximate surface area is 188 Å². The molecule has 0 atom stereocenters. The first-order valence-electron chi connectivity index (χ1n) is 9.44. The van der Waals surface area contributed by atoms with E-state index in [2.05, 4.69) is 27.9 Å². The standard InChI is InChI=1S/C21H26N4O3.HI/c1-3-15-6-4-7-16(12-15)24-20(26)14-23-21(22-2)25-17-8-9-18-19(13-17)28-11-5-10-27-18;/h4,6-9,12-13H,3,5,10-11,14H2,1-2H3,(H,24,26)(H2,22,23,25);1H. The van der Waals surface area contributed by atoms with Crippen molar-refractivity contribution < 1.29 is 14.3 Å². The van der Waals surface area contributed by atoms with E-state index in [1.807, 2.05) is 42.5 Å². The van der Waals surface area contributed by atoms with Gasteiger partial charge in [-0.15, -0.1) is 24.0 Å². The number of ether oxygens (including phenoxy) is 2. The number of guanidine groups is 1. The number of aryl methyl sites for hydroxylation is 1. The average molecular weight is 510 g/mol. The summed E-state index contributed by atoms with van der Waals surface area (Å²) in [4.78, 5) is 16.4. The van der Waals surface area contributed by atoms with Crippen LogP contribution in [0.25, 0.3) is 0 Å². The number of carbonyl (C=O) groups is 1. The number of rotatable bonds is 5. The molecule has 29 heavy (non-hydrogen) atoms. The molecule has 1 aliphatic heterocycles. The first kappa shape index (κ1) is 22.8. The fraction of sp³-hybridized carbons (Fsp3) is 0.333. The van der Waals surface area contributed by atoms with Crippen molar-refractivity contribution in [2.45, 2.75) is 19.8 Å². The molecular weight excluding hydrogens is 483 g/mol. The summed E-state index contributed by atoms with van der Waals surface area (Å²) in [7, 11) is 1.65. The third-order valence-corrected chi connectivity index (χ3v) is 4.27. The number of benzene rings is 2. The van der Waals surface area contributed by atoms with Crippen LogP contribution in [-0.4, -0.2) is 38.7 Å². The zero-order chi connectivity index (χ0) is 19.8. The predicted octanol–water partition coefficient (Wildman–Crippen LogP) is 3.65. The molecule has 0 aliphatic carbocycles. The lowest BCUT2D eigenvalue weighted by atomic mass is 10.1. The van der Waals surface area contributed by atoms with Crippen molar-refractivity contribution in [2.75, 3.05) is 37.4 Å². The van der Waals surface area contributed by atoms with Crippen molar-refractivity contribution in [2.24, 2.45) is 4.99 Å². The zero-order valence-electron chi connectivity index (χ0n) is 16.7. The molecule has 0 saturated carbocycles. The third-order valence-electron chi connectivity index (χ3n) is 4.27. The van der Waals surface area contributed by atoms with Gasteiger partial charge in [0, 0.05) is 30.9 Å². The van der Waals surface area contributed by atoms with Crippen molar-refractivity contribution in [3.63, 3.8) is 0 Å². The van der Waals surface area contributed by atoms with E-state index in [1.165, 1.54) is 5.56 Å². The molecule has 0 spiro atoms. The molecule has 1 heterocycles. The fourth-order valence-electron chi connectivity index (χ4n) is 2.80. The smallest absolute Gasteiger partial charge is 0.243 e. The van der Waals surface area contributed by atoms with Gasteiger partial charge in [-0.3, -0.25) is 9.79 Å². The van der Waals surface area contributed by atoms with Crippen LogP contribution in [0.4, 0.5) is 11.4 Å². The van der Waals surface area contributed by atoms with Gasteiger partial charge < -0.3 is 25.4 Å². The first-order valence-corrected chi connectivity index (χ1v) is 9.44. The van der Waals surface area contributed by atoms with Gasteiger partial charge in [-0.2, -0.15) is 0 Å². The predicted molar refractivity (Wildman–Crippen MR) is 127 cm³/mol. The van der Waals surface area contributed by atoms with E-state index in [9.17, 15) is 4.79 Å². The van der Waals surface area contributed by atoms with Gasteiger partial charge in [0.25, 0.3) is 0 Å². The van der Waals surface area contributed by atoms with Crippen LogP contribution in [-0.2, 0) is 11.2 Å². The number of fused-ring (bicyclic) bond motifs is 1. The molecule has 2 aromatic rings. The van der Waals surface area contributed by atoms with E-state index in [1.54, 1.807) is 7.05 Å². The number of nitrogens with zero attached hydrogens (tertiary/aromatic N) is 1. The van der Waals surface area contributed by atoms with E-state index >= 15 is 0 Å². The number of anilines is 2. The second kappa shape index (κ2) is 11.5. The monoisotopic (exact) mass is 510 g/mol. The van der Waals surface area contributed by atoms with Gasteiger partial charge in [-0.1, -0.05) is 19.1 Å². The summed E-state index contributed by atoms with van der Waals surface area (Å²) in [5.74, 6) is 1.79. The summed E-state index contributed by atoms with van der Waals surface area (Å²) in [6.45, 7) is 3.46. The number of nitrogens with one attached hydrogen (secondary N) is 3. The van der Waals surface area contributed by atoms with Crippen molar-refractivity contribution in [1.82, 2.24) is 5.32 Å². The third kappa shape index (κ3) is 6.81. The number of halogens is 1. The lowest BCUT2D eigenvalue weighted by Crippen LogP contribution is -2.37. The van der Waals surface area contributed by atoms with Gasteiger partial charge in [0.05, 0.1) is 19.8 Å². The van der Waals surface area contributed by atoms with Crippen LogP contribution >= 0.6 is 24.0 Å². The maximum Gasteiger partial charge on any atom is 0.243 e. The minimum Gasteiger partial charge on any atom is -0.490 e. The molecule has 2 aromatic carbocycles. The number of hydrogen-bond acceptors (Lipinski definition) is 4. The highest BCUT2D eigenvalue weighted by Crippen LogP contribution is 2.32. The lowest BCUT2D eigenvalue weighted by molar-refractivity contribution is -0.115. The molecule has 0 fully saturated rings. The quantitative estimate of drug-likeness (QED) is 0.325. The molecule has 3 N–H and O–H groups in total. The van der Waals surface area contributed by atoms with E-state index in [-0.39, 0.29) is 36.4 Å². The maximum atomic E-state index is 12.2. The number of carbonyl (C=O) groups excluding carboxylic acids is 1. The zero-order valence-corrected chi connectivity index (χ0v) is 19.0. The van der Waals surface area contributed by atoms with E-state index in [4.69, 9.17) is 9.47 Å². The molecule has 0 saturated heterocycles. The lowest BCUT2D eigenvalue weighted by Gasteiger charge is -2.14. The van der Waals surface area contributed by atoms with Gasteiger partial charge in [0.15, 0.2) is 17.5 Å². The summed E-state index contributed by atoms with van der Waals surface area (Å²) in [6, 6.07) is 13.4. The minimum absolute atomic E-state index is 0. The Kier molecular flexibility index (Phi) is 9.04. The van der Waals surface area contributed by atoms with Crippen LogP contribution in [0.3, 0.4) is 0 Å². The van der Waals surface area contributed by atoms with Crippen LogP contribution in [0, 0.1) is 0 Å². The highest BCUT2D eigenvalue weighted by atomic mass is 127. The molecule has 1 amide bonds. The normalized spacial score (nSPS) is 13.0. The maximum absolute atomic E-state index is 12.2. The molecule has 156 valence electrons. The Bertz CT molecular complexity index is 858. The van der Waals surface area contributed by atoms with Gasteiger partial charge in [0.1, 0.15) is 0 Å². The molecular formula is C21H27IN4O3. The van der Waals surface area contributed by atoms with E-state index < -0.39 is 0 Å². The molecule has 0 bridgehead atoms.